The topological polar surface area (TPSA) is 69.1 Å². The third-order valence-electron chi connectivity index (χ3n) is 6.33. The second-order valence-corrected chi connectivity index (χ2v) is 8.62. The monoisotopic (exact) mass is 456 g/mol. The summed E-state index contributed by atoms with van der Waals surface area (Å²) < 4.78 is 19.7. The molecule has 0 radical (unpaired) electrons. The van der Waals surface area contributed by atoms with Crippen molar-refractivity contribution in [2.45, 2.75) is 51.7 Å². The molecule has 33 heavy (non-hydrogen) atoms. The number of aryl methyl sites for hydroxylation is 1. The summed E-state index contributed by atoms with van der Waals surface area (Å²) in [6, 6.07) is 8.36. The van der Waals surface area contributed by atoms with Crippen molar-refractivity contribution in [3.8, 4) is 11.5 Å². The molecule has 2 aromatic rings. The highest BCUT2D eigenvalue weighted by molar-refractivity contribution is 5.76. The molecule has 1 aromatic heterocycles. The standard InChI is InChI=1S/C25H36N4O4/c1-2-32-23-9-3-7-21-19-27-12-4-8-22(27)20-28(15-16-31-17-18-33-25(21)23)24(30)10-5-13-29-14-6-11-26-29/h3,6-7,9,11,14,22H,2,4-5,8,10,12-13,15-20H2,1H3/t22-/m0/s1. The number of carbonyl (C=O) groups is 1. The lowest BCUT2D eigenvalue weighted by Gasteiger charge is -2.31. The number of benzene rings is 1. The van der Waals surface area contributed by atoms with Crippen LogP contribution in [0, 0.1) is 0 Å². The van der Waals surface area contributed by atoms with Crippen molar-refractivity contribution in [3.05, 3.63) is 42.2 Å². The number of hydrogen-bond acceptors (Lipinski definition) is 6. The summed E-state index contributed by atoms with van der Waals surface area (Å²) >= 11 is 0. The second-order valence-electron chi connectivity index (χ2n) is 8.62. The zero-order chi connectivity index (χ0) is 22.9. The van der Waals surface area contributed by atoms with E-state index in [1.807, 2.05) is 40.9 Å². The van der Waals surface area contributed by atoms with Gasteiger partial charge in [-0.25, -0.2) is 0 Å². The fourth-order valence-electron chi connectivity index (χ4n) is 4.68. The maximum absolute atomic E-state index is 13.1. The van der Waals surface area contributed by atoms with Gasteiger partial charge in [0.15, 0.2) is 11.5 Å². The van der Waals surface area contributed by atoms with Crippen molar-refractivity contribution in [2.75, 3.05) is 46.1 Å². The van der Waals surface area contributed by atoms with E-state index >= 15 is 0 Å². The van der Waals surface area contributed by atoms with Gasteiger partial charge in [0.1, 0.15) is 6.61 Å². The Morgan fingerprint density at radius 3 is 3.00 bits per heavy atom. The Labute approximate surface area is 196 Å². The summed E-state index contributed by atoms with van der Waals surface area (Å²) in [5.74, 6) is 1.80. The number of rotatable bonds is 6. The molecule has 3 heterocycles. The molecule has 1 saturated heterocycles. The van der Waals surface area contributed by atoms with Crippen LogP contribution in [0.25, 0.3) is 0 Å². The van der Waals surface area contributed by atoms with E-state index in [-0.39, 0.29) is 5.91 Å². The lowest BCUT2D eigenvalue weighted by atomic mass is 10.1. The highest BCUT2D eigenvalue weighted by Gasteiger charge is 2.29. The van der Waals surface area contributed by atoms with Gasteiger partial charge in [0, 0.05) is 56.6 Å². The number of ether oxygens (including phenoxy) is 3. The van der Waals surface area contributed by atoms with Crippen molar-refractivity contribution < 1.29 is 19.0 Å². The molecule has 180 valence electrons. The van der Waals surface area contributed by atoms with E-state index in [9.17, 15) is 4.79 Å². The first-order valence-electron chi connectivity index (χ1n) is 12.2. The normalized spacial score (nSPS) is 20.0. The van der Waals surface area contributed by atoms with Crippen molar-refractivity contribution in [3.63, 3.8) is 0 Å². The molecule has 8 nitrogen and oxygen atoms in total. The van der Waals surface area contributed by atoms with E-state index in [2.05, 4.69) is 16.1 Å². The predicted molar refractivity (Wildman–Crippen MR) is 125 cm³/mol. The molecule has 1 atom stereocenters. The number of hydrogen-bond donors (Lipinski definition) is 0. The minimum absolute atomic E-state index is 0.197. The zero-order valence-electron chi connectivity index (χ0n) is 19.7. The first-order chi connectivity index (χ1) is 16.2. The van der Waals surface area contributed by atoms with E-state index in [4.69, 9.17) is 14.2 Å². The van der Waals surface area contributed by atoms with Crippen LogP contribution in [0.2, 0.25) is 0 Å². The third kappa shape index (κ3) is 6.48. The van der Waals surface area contributed by atoms with Crippen LogP contribution in [-0.4, -0.2) is 77.6 Å². The van der Waals surface area contributed by atoms with E-state index in [0.717, 1.165) is 62.5 Å². The molecule has 1 fully saturated rings. The maximum atomic E-state index is 13.1. The van der Waals surface area contributed by atoms with Gasteiger partial charge in [0.2, 0.25) is 5.91 Å². The van der Waals surface area contributed by atoms with Crippen LogP contribution in [0.4, 0.5) is 0 Å². The smallest absolute Gasteiger partial charge is 0.222 e. The maximum Gasteiger partial charge on any atom is 0.222 e. The van der Waals surface area contributed by atoms with Gasteiger partial charge in [-0.05, 0) is 44.9 Å². The van der Waals surface area contributed by atoms with E-state index in [0.29, 0.717) is 45.4 Å². The fourth-order valence-corrected chi connectivity index (χ4v) is 4.68. The van der Waals surface area contributed by atoms with Crippen LogP contribution >= 0.6 is 0 Å². The second kappa shape index (κ2) is 12.0. The van der Waals surface area contributed by atoms with Gasteiger partial charge < -0.3 is 19.1 Å². The summed E-state index contributed by atoms with van der Waals surface area (Å²) in [6.07, 6.45) is 7.25. The first-order valence-corrected chi connectivity index (χ1v) is 12.2. The van der Waals surface area contributed by atoms with Gasteiger partial charge in [-0.15, -0.1) is 0 Å². The largest absolute Gasteiger partial charge is 0.490 e. The van der Waals surface area contributed by atoms with Crippen molar-refractivity contribution in [1.29, 1.82) is 0 Å². The Bertz CT molecular complexity index is 873. The molecule has 0 bridgehead atoms. The molecule has 0 unspecified atom stereocenters. The van der Waals surface area contributed by atoms with Crippen LogP contribution in [0.1, 0.15) is 38.2 Å². The molecule has 0 N–H and O–H groups in total. The predicted octanol–water partition coefficient (Wildman–Crippen LogP) is 2.96. The third-order valence-corrected chi connectivity index (χ3v) is 6.33. The van der Waals surface area contributed by atoms with Crippen LogP contribution in [0.5, 0.6) is 11.5 Å². The summed E-state index contributed by atoms with van der Waals surface area (Å²) in [6.45, 7) is 7.97. The van der Waals surface area contributed by atoms with Crippen molar-refractivity contribution >= 4 is 5.91 Å². The highest BCUT2D eigenvalue weighted by atomic mass is 16.5. The Hall–Kier alpha value is -2.58. The molecular weight excluding hydrogens is 420 g/mol. The number of para-hydroxylation sites is 1. The lowest BCUT2D eigenvalue weighted by Crippen LogP contribution is -2.44. The van der Waals surface area contributed by atoms with Crippen LogP contribution in [0.15, 0.2) is 36.7 Å². The summed E-state index contributed by atoms with van der Waals surface area (Å²) in [5.41, 5.74) is 1.13. The van der Waals surface area contributed by atoms with Gasteiger partial charge in [0.05, 0.1) is 19.8 Å². The van der Waals surface area contributed by atoms with Gasteiger partial charge in [0.25, 0.3) is 0 Å². The van der Waals surface area contributed by atoms with Gasteiger partial charge >= 0.3 is 0 Å². The molecule has 1 aromatic carbocycles. The molecular formula is C25H36N4O4. The Morgan fingerprint density at radius 1 is 1.21 bits per heavy atom. The zero-order valence-corrected chi connectivity index (χ0v) is 19.7. The minimum Gasteiger partial charge on any atom is -0.490 e. The van der Waals surface area contributed by atoms with Crippen LogP contribution in [-0.2, 0) is 22.6 Å². The summed E-state index contributed by atoms with van der Waals surface area (Å²) in [4.78, 5) is 17.6. The molecule has 2 aliphatic heterocycles. The van der Waals surface area contributed by atoms with Crippen LogP contribution in [0.3, 0.4) is 0 Å². The lowest BCUT2D eigenvalue weighted by molar-refractivity contribution is -0.133. The molecule has 4 rings (SSSR count). The van der Waals surface area contributed by atoms with Gasteiger partial charge in [-0.2, -0.15) is 5.10 Å². The van der Waals surface area contributed by atoms with E-state index < -0.39 is 0 Å². The quantitative estimate of drug-likeness (QED) is 0.666. The summed E-state index contributed by atoms with van der Waals surface area (Å²) in [7, 11) is 0. The number of fused-ring (bicyclic) bond motifs is 2. The molecule has 8 heteroatoms. The Balaban J connectivity index is 1.44. The van der Waals surface area contributed by atoms with Gasteiger partial charge in [-0.1, -0.05) is 12.1 Å². The number of nitrogens with zero attached hydrogens (tertiary/aromatic N) is 4. The number of carbonyl (C=O) groups excluding carboxylic acids is 1. The Kier molecular flexibility index (Phi) is 8.60. The number of aromatic nitrogens is 2. The number of amides is 1. The molecule has 2 aliphatic rings. The molecule has 0 saturated carbocycles. The van der Waals surface area contributed by atoms with Crippen LogP contribution < -0.4 is 9.47 Å². The highest BCUT2D eigenvalue weighted by Crippen LogP contribution is 2.34. The fraction of sp³-hybridized carbons (Fsp3) is 0.600. The van der Waals surface area contributed by atoms with Crippen molar-refractivity contribution in [1.82, 2.24) is 19.6 Å². The van der Waals surface area contributed by atoms with E-state index in [1.165, 1.54) is 0 Å². The summed E-state index contributed by atoms with van der Waals surface area (Å²) in [5, 5.41) is 4.23. The van der Waals surface area contributed by atoms with E-state index in [1.54, 1.807) is 6.20 Å². The average molecular weight is 457 g/mol. The van der Waals surface area contributed by atoms with Crippen molar-refractivity contribution in [2.24, 2.45) is 0 Å². The molecule has 0 spiro atoms. The van der Waals surface area contributed by atoms with Gasteiger partial charge in [-0.3, -0.25) is 14.4 Å². The SMILES string of the molecule is CCOc1cccc2c1OCCOCCN(C(=O)CCCn1cccn1)C[C@@H]1CCCN1C2. The minimum atomic E-state index is 0.197. The first kappa shape index (κ1) is 23.6. The molecule has 1 amide bonds. The Morgan fingerprint density at radius 2 is 2.15 bits per heavy atom. The average Bonchev–Trinajstić information content (AvgIpc) is 3.48. The molecule has 0 aliphatic carbocycles.